The molecule has 1 atom stereocenters. The second-order valence-electron chi connectivity index (χ2n) is 5.65. The number of carbonyl (C=O) groups excluding carboxylic acids is 1. The molecule has 5 nitrogen and oxygen atoms in total. The number of nitrogens with one attached hydrogen (secondary N) is 1. The molecule has 24 heavy (non-hydrogen) atoms. The molecule has 1 N–H and O–H groups in total. The van der Waals surface area contributed by atoms with Crippen LogP contribution in [-0.2, 0) is 4.74 Å². The molecule has 1 amide bonds. The molecule has 122 valence electrons. The molecule has 4 rings (SSSR count). The van der Waals surface area contributed by atoms with E-state index in [1.807, 2.05) is 24.3 Å². The number of hydrogen-bond acceptors (Lipinski definition) is 5. The number of thiazole rings is 1. The summed E-state index contributed by atoms with van der Waals surface area (Å²) in [5, 5.41) is 5.91. The van der Waals surface area contributed by atoms with Crippen LogP contribution in [0.5, 0.6) is 0 Å². The van der Waals surface area contributed by atoms with Crippen LogP contribution in [0.4, 0.5) is 5.69 Å². The first kappa shape index (κ1) is 15.1. The number of benzene rings is 1. The third-order valence-electron chi connectivity index (χ3n) is 4.00. The molecule has 3 heterocycles. The molecule has 3 aromatic rings. The molecule has 0 saturated carbocycles. The van der Waals surface area contributed by atoms with Crippen molar-refractivity contribution < 1.29 is 13.9 Å². The molecular formula is C18H16N2O3S. The maximum Gasteiger partial charge on any atom is 0.291 e. The minimum atomic E-state index is -0.259. The van der Waals surface area contributed by atoms with Gasteiger partial charge >= 0.3 is 0 Å². The highest BCUT2D eigenvalue weighted by molar-refractivity contribution is 7.13. The van der Waals surface area contributed by atoms with Gasteiger partial charge in [0.25, 0.3) is 5.91 Å². The summed E-state index contributed by atoms with van der Waals surface area (Å²) in [6.45, 7) is 1.59. The summed E-state index contributed by atoms with van der Waals surface area (Å²) in [7, 11) is 0. The van der Waals surface area contributed by atoms with Crippen molar-refractivity contribution in [1.82, 2.24) is 4.98 Å². The van der Waals surface area contributed by atoms with Crippen molar-refractivity contribution in [1.29, 1.82) is 0 Å². The predicted octanol–water partition coefficient (Wildman–Crippen LogP) is 4.16. The molecule has 6 heteroatoms. The van der Waals surface area contributed by atoms with Crippen LogP contribution in [0.15, 0.2) is 52.5 Å². The van der Waals surface area contributed by atoms with Crippen molar-refractivity contribution in [2.45, 2.75) is 12.3 Å². The maximum atomic E-state index is 12.0. The molecule has 0 aliphatic carbocycles. The second kappa shape index (κ2) is 6.59. The third kappa shape index (κ3) is 3.11. The molecule has 1 fully saturated rings. The maximum absolute atomic E-state index is 12.0. The van der Waals surface area contributed by atoms with E-state index in [1.165, 1.54) is 6.26 Å². The Kier molecular flexibility index (Phi) is 4.15. The zero-order valence-electron chi connectivity index (χ0n) is 12.9. The molecule has 1 aliphatic heterocycles. The average molecular weight is 340 g/mol. The smallest absolute Gasteiger partial charge is 0.291 e. The Hall–Kier alpha value is -2.44. The first-order valence-electron chi connectivity index (χ1n) is 7.78. The molecule has 1 unspecified atom stereocenters. The van der Waals surface area contributed by atoms with Gasteiger partial charge in [0.2, 0.25) is 0 Å². The van der Waals surface area contributed by atoms with Gasteiger partial charge in [0, 0.05) is 29.2 Å². The zero-order valence-corrected chi connectivity index (χ0v) is 13.7. The summed E-state index contributed by atoms with van der Waals surface area (Å²) in [4.78, 5) is 16.7. The predicted molar refractivity (Wildman–Crippen MR) is 92.4 cm³/mol. The highest BCUT2D eigenvalue weighted by Gasteiger charge is 2.20. The number of furan rings is 1. The van der Waals surface area contributed by atoms with Gasteiger partial charge in [-0.2, -0.15) is 0 Å². The number of aromatic nitrogens is 1. The van der Waals surface area contributed by atoms with E-state index in [0.29, 0.717) is 11.7 Å². The van der Waals surface area contributed by atoms with Crippen molar-refractivity contribution in [2.75, 3.05) is 18.5 Å². The van der Waals surface area contributed by atoms with Crippen molar-refractivity contribution in [3.05, 3.63) is 59.5 Å². The van der Waals surface area contributed by atoms with Gasteiger partial charge in [-0.3, -0.25) is 4.79 Å². The molecule has 1 aromatic carbocycles. The van der Waals surface area contributed by atoms with Crippen molar-refractivity contribution in [3.8, 4) is 10.6 Å². The lowest BCUT2D eigenvalue weighted by molar-refractivity contribution is 0.0996. The Morgan fingerprint density at radius 2 is 2.12 bits per heavy atom. The lowest BCUT2D eigenvalue weighted by Crippen LogP contribution is -2.10. The van der Waals surface area contributed by atoms with E-state index in [0.717, 1.165) is 41.6 Å². The lowest BCUT2D eigenvalue weighted by Gasteiger charge is -2.04. The van der Waals surface area contributed by atoms with E-state index in [4.69, 9.17) is 14.1 Å². The lowest BCUT2D eigenvalue weighted by atomic mass is 10.1. The van der Waals surface area contributed by atoms with Gasteiger partial charge < -0.3 is 14.5 Å². The number of hydrogen-bond donors (Lipinski definition) is 1. The quantitative estimate of drug-likeness (QED) is 0.774. The number of ether oxygens (including phenoxy) is 1. The standard InChI is InChI=1S/C18H16N2O3S/c21-17(16-2-1-8-23-16)19-14-5-3-12(4-6-14)18-20-15(11-24-18)13-7-9-22-10-13/h1-6,8,11,13H,7,9-10H2,(H,19,21). The van der Waals surface area contributed by atoms with Crippen molar-refractivity contribution >= 4 is 22.9 Å². The Bertz CT molecular complexity index is 818. The van der Waals surface area contributed by atoms with Gasteiger partial charge in [-0.25, -0.2) is 4.98 Å². The van der Waals surface area contributed by atoms with Crippen molar-refractivity contribution in [2.24, 2.45) is 0 Å². The highest BCUT2D eigenvalue weighted by atomic mass is 32.1. The van der Waals surface area contributed by atoms with Gasteiger partial charge in [0.15, 0.2) is 5.76 Å². The Morgan fingerprint density at radius 3 is 2.83 bits per heavy atom. The first-order valence-corrected chi connectivity index (χ1v) is 8.66. The molecule has 0 bridgehead atoms. The average Bonchev–Trinajstić information content (AvgIpc) is 3.35. The van der Waals surface area contributed by atoms with Crippen LogP contribution < -0.4 is 5.32 Å². The summed E-state index contributed by atoms with van der Waals surface area (Å²) < 4.78 is 10.5. The van der Waals surface area contributed by atoms with Gasteiger partial charge in [-0.15, -0.1) is 11.3 Å². The Morgan fingerprint density at radius 1 is 1.25 bits per heavy atom. The minimum absolute atomic E-state index is 0.259. The van der Waals surface area contributed by atoms with E-state index >= 15 is 0 Å². The normalized spacial score (nSPS) is 17.1. The fourth-order valence-corrected chi connectivity index (χ4v) is 3.58. The SMILES string of the molecule is O=C(Nc1ccc(-c2nc(C3CCOC3)cs2)cc1)c1ccco1. The Labute approximate surface area is 143 Å². The molecule has 1 aliphatic rings. The minimum Gasteiger partial charge on any atom is -0.459 e. The van der Waals surface area contributed by atoms with Crippen LogP contribution in [0.3, 0.4) is 0 Å². The molecule has 2 aromatic heterocycles. The second-order valence-corrected chi connectivity index (χ2v) is 6.50. The monoisotopic (exact) mass is 340 g/mol. The van der Waals surface area contributed by atoms with Gasteiger partial charge in [-0.05, 0) is 42.8 Å². The fourth-order valence-electron chi connectivity index (χ4n) is 2.67. The number of anilines is 1. The van der Waals surface area contributed by atoms with E-state index in [1.54, 1.807) is 23.5 Å². The van der Waals surface area contributed by atoms with E-state index < -0.39 is 0 Å². The largest absolute Gasteiger partial charge is 0.459 e. The van der Waals surface area contributed by atoms with Crippen LogP contribution in [0.2, 0.25) is 0 Å². The number of rotatable bonds is 4. The van der Waals surface area contributed by atoms with Crippen LogP contribution in [0, 0.1) is 0 Å². The van der Waals surface area contributed by atoms with Crippen LogP contribution in [0.25, 0.3) is 10.6 Å². The third-order valence-corrected chi connectivity index (χ3v) is 4.91. The first-order chi connectivity index (χ1) is 11.8. The number of amides is 1. The van der Waals surface area contributed by atoms with E-state index in [9.17, 15) is 4.79 Å². The number of nitrogens with zero attached hydrogens (tertiary/aromatic N) is 1. The van der Waals surface area contributed by atoms with Gasteiger partial charge in [0.05, 0.1) is 18.6 Å². The van der Waals surface area contributed by atoms with Crippen LogP contribution >= 0.6 is 11.3 Å². The summed E-state index contributed by atoms with van der Waals surface area (Å²) in [6, 6.07) is 11.0. The van der Waals surface area contributed by atoms with Crippen molar-refractivity contribution in [3.63, 3.8) is 0 Å². The topological polar surface area (TPSA) is 64.4 Å². The number of carbonyl (C=O) groups is 1. The van der Waals surface area contributed by atoms with Gasteiger partial charge in [0.1, 0.15) is 5.01 Å². The van der Waals surface area contributed by atoms with Crippen LogP contribution in [-0.4, -0.2) is 24.1 Å². The summed E-state index contributed by atoms with van der Waals surface area (Å²) in [6.07, 6.45) is 2.52. The highest BCUT2D eigenvalue weighted by Crippen LogP contribution is 2.31. The molecular weight excluding hydrogens is 324 g/mol. The fraction of sp³-hybridized carbons (Fsp3) is 0.222. The Balaban J connectivity index is 1.46. The summed E-state index contributed by atoms with van der Waals surface area (Å²) >= 11 is 1.64. The molecule has 0 spiro atoms. The van der Waals surface area contributed by atoms with Crippen LogP contribution in [0.1, 0.15) is 28.6 Å². The van der Waals surface area contributed by atoms with E-state index in [-0.39, 0.29) is 5.91 Å². The van der Waals surface area contributed by atoms with E-state index in [2.05, 4.69) is 10.7 Å². The van der Waals surface area contributed by atoms with Gasteiger partial charge in [-0.1, -0.05) is 0 Å². The molecule has 0 radical (unpaired) electrons. The zero-order chi connectivity index (χ0) is 16.4. The molecule has 1 saturated heterocycles. The summed E-state index contributed by atoms with van der Waals surface area (Å²) in [5.74, 6) is 0.454. The summed E-state index contributed by atoms with van der Waals surface area (Å²) in [5.41, 5.74) is 2.88.